The lowest BCUT2D eigenvalue weighted by Crippen LogP contribution is -2.21. The van der Waals surface area contributed by atoms with Gasteiger partial charge in [-0.15, -0.1) is 0 Å². The molecule has 1 aliphatic heterocycles. The molecule has 0 radical (unpaired) electrons. The Bertz CT molecular complexity index is 1210. The fourth-order valence-electron chi connectivity index (χ4n) is 3.98. The van der Waals surface area contributed by atoms with E-state index in [9.17, 15) is 14.4 Å². The van der Waals surface area contributed by atoms with Crippen molar-refractivity contribution in [2.24, 2.45) is 10.8 Å². The van der Waals surface area contributed by atoms with Gasteiger partial charge in [0.2, 0.25) is 0 Å². The molecule has 4 N–H and O–H groups in total. The molecule has 2 aromatic heterocycles. The molecule has 0 spiro atoms. The second-order valence-electron chi connectivity index (χ2n) is 10.1. The summed E-state index contributed by atoms with van der Waals surface area (Å²) in [6, 6.07) is 5.94. The fourth-order valence-corrected chi connectivity index (χ4v) is 3.98. The van der Waals surface area contributed by atoms with E-state index in [-0.39, 0.29) is 38.3 Å². The Morgan fingerprint density at radius 1 is 1.21 bits per heavy atom. The summed E-state index contributed by atoms with van der Waals surface area (Å²) in [4.78, 5) is 36.0. The summed E-state index contributed by atoms with van der Waals surface area (Å²) in [7, 11) is 0. The Labute approximate surface area is 224 Å². The van der Waals surface area contributed by atoms with E-state index in [2.05, 4.69) is 22.7 Å². The zero-order valence-corrected chi connectivity index (χ0v) is 21.8. The summed E-state index contributed by atoms with van der Waals surface area (Å²) in [5.41, 5.74) is 6.33. The molecule has 210 valence electrons. The summed E-state index contributed by atoms with van der Waals surface area (Å²) in [5, 5.41) is 36.4. The highest BCUT2D eigenvalue weighted by Gasteiger charge is 2.44. The van der Waals surface area contributed by atoms with Crippen molar-refractivity contribution in [3.05, 3.63) is 24.2 Å². The van der Waals surface area contributed by atoms with Crippen molar-refractivity contribution >= 4 is 29.4 Å². The Morgan fingerprint density at radius 3 is 2.41 bits per heavy atom. The lowest BCUT2D eigenvalue weighted by atomic mass is 9.86. The first-order valence-electron chi connectivity index (χ1n) is 12.1. The molecular weight excluding hydrogens is 512 g/mol. The number of anilines is 1. The minimum Gasteiger partial charge on any atom is -0.481 e. The van der Waals surface area contributed by atoms with E-state index >= 15 is 0 Å². The van der Waals surface area contributed by atoms with Crippen LogP contribution >= 0.6 is 0 Å². The van der Waals surface area contributed by atoms with Crippen LogP contribution in [0.15, 0.2) is 18.5 Å². The molecule has 2 atom stereocenters. The monoisotopic (exact) mass is 544 g/mol. The molecule has 1 saturated heterocycles. The molecule has 1 saturated carbocycles. The average molecular weight is 545 g/mol. The van der Waals surface area contributed by atoms with Gasteiger partial charge in [-0.1, -0.05) is 13.8 Å². The number of aromatic nitrogens is 3. The Morgan fingerprint density at radius 2 is 1.85 bits per heavy atom. The van der Waals surface area contributed by atoms with Crippen LogP contribution in [0.2, 0.25) is 0 Å². The van der Waals surface area contributed by atoms with Gasteiger partial charge in [0.1, 0.15) is 31.2 Å². The Balaban J connectivity index is 0.000000349. The second kappa shape index (κ2) is 13.4. The van der Waals surface area contributed by atoms with Crippen molar-refractivity contribution in [1.29, 1.82) is 10.5 Å². The van der Waals surface area contributed by atoms with Crippen LogP contribution in [0.3, 0.4) is 0 Å². The minimum atomic E-state index is -0.962. The van der Waals surface area contributed by atoms with Crippen molar-refractivity contribution in [3.8, 4) is 12.6 Å². The zero-order valence-electron chi connectivity index (χ0n) is 21.8. The van der Waals surface area contributed by atoms with Gasteiger partial charge in [0.05, 0.1) is 36.1 Å². The van der Waals surface area contributed by atoms with E-state index in [0.29, 0.717) is 5.82 Å². The van der Waals surface area contributed by atoms with Gasteiger partial charge in [-0.2, -0.15) is 10.4 Å². The number of hydrogen-bond donors (Lipinski definition) is 3. The number of fused-ring (bicyclic) bond motifs is 1. The SMILES string of the molecule is C#N.CC(C)(CC(=O)O)CC(=O)O.N#CC1(COC(=O)OCC2CCC(c3ccc4c(N)ncnn34)O2)CC1. The van der Waals surface area contributed by atoms with E-state index in [1.54, 1.807) is 18.4 Å². The first-order chi connectivity index (χ1) is 18.4. The molecule has 0 amide bonds. The first-order valence-corrected chi connectivity index (χ1v) is 12.1. The third-order valence-corrected chi connectivity index (χ3v) is 6.15. The van der Waals surface area contributed by atoms with Crippen LogP contribution in [0, 0.1) is 34.0 Å². The van der Waals surface area contributed by atoms with Gasteiger partial charge in [0.15, 0.2) is 5.82 Å². The van der Waals surface area contributed by atoms with Crippen molar-refractivity contribution in [2.45, 2.75) is 64.6 Å². The molecular formula is C25H32N6O8. The van der Waals surface area contributed by atoms with Gasteiger partial charge in [-0.25, -0.2) is 19.6 Å². The van der Waals surface area contributed by atoms with Crippen LogP contribution in [0.25, 0.3) is 5.52 Å². The normalized spacial score (nSPS) is 18.8. The largest absolute Gasteiger partial charge is 0.508 e. The number of ether oxygens (including phenoxy) is 3. The molecule has 3 heterocycles. The topological polar surface area (TPSA) is 223 Å². The lowest BCUT2D eigenvalue weighted by Gasteiger charge is -2.18. The average Bonchev–Trinajstić information content (AvgIpc) is 3.27. The summed E-state index contributed by atoms with van der Waals surface area (Å²) in [6.45, 7) is 6.95. The van der Waals surface area contributed by atoms with E-state index in [4.69, 9.17) is 40.7 Å². The van der Waals surface area contributed by atoms with Crippen LogP contribution in [-0.4, -0.2) is 62.2 Å². The predicted octanol–water partition coefficient (Wildman–Crippen LogP) is 3.09. The van der Waals surface area contributed by atoms with Gasteiger partial charge in [-0.3, -0.25) is 9.59 Å². The highest BCUT2D eigenvalue weighted by Crippen LogP contribution is 2.45. The Hall–Kier alpha value is -4.43. The molecule has 2 unspecified atom stereocenters. The van der Waals surface area contributed by atoms with Crippen molar-refractivity contribution < 1.29 is 38.8 Å². The van der Waals surface area contributed by atoms with Crippen molar-refractivity contribution in [2.75, 3.05) is 18.9 Å². The molecule has 4 rings (SSSR count). The van der Waals surface area contributed by atoms with E-state index in [0.717, 1.165) is 36.9 Å². The molecule has 14 heteroatoms. The lowest BCUT2D eigenvalue weighted by molar-refractivity contribution is -0.142. The number of nitrogens with two attached hydrogens (primary N) is 1. The van der Waals surface area contributed by atoms with Gasteiger partial charge >= 0.3 is 18.1 Å². The number of aliphatic carboxylic acids is 2. The van der Waals surface area contributed by atoms with Gasteiger partial charge < -0.3 is 30.2 Å². The number of nitrogen functional groups attached to an aromatic ring is 1. The maximum atomic E-state index is 11.7. The summed E-state index contributed by atoms with van der Waals surface area (Å²) in [5.74, 6) is -1.51. The molecule has 0 bridgehead atoms. The highest BCUT2D eigenvalue weighted by molar-refractivity contribution is 5.71. The predicted molar refractivity (Wildman–Crippen MR) is 134 cm³/mol. The summed E-state index contributed by atoms with van der Waals surface area (Å²) >= 11 is 0. The van der Waals surface area contributed by atoms with Crippen LogP contribution in [0.1, 0.15) is 64.2 Å². The molecule has 2 fully saturated rings. The van der Waals surface area contributed by atoms with Crippen LogP contribution < -0.4 is 5.73 Å². The smallest absolute Gasteiger partial charge is 0.481 e. The molecule has 2 aromatic rings. The molecule has 2 aliphatic rings. The third-order valence-electron chi connectivity index (χ3n) is 6.15. The first kappa shape index (κ1) is 30.8. The van der Waals surface area contributed by atoms with E-state index in [1.165, 1.54) is 6.33 Å². The van der Waals surface area contributed by atoms with Crippen molar-refractivity contribution in [1.82, 2.24) is 14.6 Å². The molecule has 14 nitrogen and oxygen atoms in total. The number of nitrogens with zero attached hydrogens (tertiary/aromatic N) is 5. The maximum absolute atomic E-state index is 11.7. The number of carboxylic acid groups (broad SMARTS) is 2. The standard InChI is InChI=1S/C17H19N5O4.C7H12O4.CHN/c18-8-17(5-6-17)9-25-16(23)24-7-11-1-4-14(26-11)12-2-3-13-15(19)20-10-21-22(12)13;1-7(2,3-5(8)9)4-6(10)11;1-2/h2-3,10-11,14H,1,4-7,9H2,(H2,19,20,21);3-4H2,1-2H3,(H,8,9)(H,10,11);1H. The molecule has 39 heavy (non-hydrogen) atoms. The van der Waals surface area contributed by atoms with Crippen LogP contribution in [0.4, 0.5) is 10.6 Å². The highest BCUT2D eigenvalue weighted by atomic mass is 16.7. The second-order valence-corrected chi connectivity index (χ2v) is 10.1. The van der Waals surface area contributed by atoms with Gasteiger partial charge in [0, 0.05) is 6.57 Å². The number of carbonyl (C=O) groups excluding carboxylic acids is 1. The van der Waals surface area contributed by atoms with Gasteiger partial charge in [0.25, 0.3) is 0 Å². The maximum Gasteiger partial charge on any atom is 0.508 e. The quantitative estimate of drug-likeness (QED) is 0.386. The number of carboxylic acids is 2. The zero-order chi connectivity index (χ0) is 29.2. The van der Waals surface area contributed by atoms with E-state index in [1.807, 2.05) is 12.1 Å². The van der Waals surface area contributed by atoms with Crippen molar-refractivity contribution in [3.63, 3.8) is 0 Å². The van der Waals surface area contributed by atoms with Crippen LogP contribution in [-0.2, 0) is 23.8 Å². The number of hydrogen-bond acceptors (Lipinski definition) is 11. The van der Waals surface area contributed by atoms with Crippen LogP contribution in [0.5, 0.6) is 0 Å². The number of carbonyl (C=O) groups is 3. The summed E-state index contributed by atoms with van der Waals surface area (Å²) in [6.07, 6.45) is 3.15. The number of nitriles is 2. The minimum absolute atomic E-state index is 0.0910. The fraction of sp³-hybridized carbons (Fsp3) is 0.560. The number of rotatable bonds is 9. The molecule has 1 aliphatic carbocycles. The molecule has 0 aromatic carbocycles. The third kappa shape index (κ3) is 9.12. The summed E-state index contributed by atoms with van der Waals surface area (Å²) < 4.78 is 17.8. The Kier molecular flexibility index (Phi) is 10.6. The van der Waals surface area contributed by atoms with Gasteiger partial charge in [-0.05, 0) is 43.2 Å². The van der Waals surface area contributed by atoms with E-state index < -0.39 is 28.9 Å².